The molecular formula is C54H92O24. The molecule has 0 amide bonds. The molecule has 0 radical (unpaired) electrons. The third-order valence-electron chi connectivity index (χ3n) is 20.8. The molecule has 7 fully saturated rings. The largest absolute Gasteiger partial charge is 0.394 e. The second kappa shape index (κ2) is 23.7. The van der Waals surface area contributed by atoms with Gasteiger partial charge in [0.25, 0.3) is 0 Å². The smallest absolute Gasteiger partial charge is 0.187 e. The van der Waals surface area contributed by atoms with Crippen LogP contribution in [0.1, 0.15) is 100 Å². The lowest BCUT2D eigenvalue weighted by atomic mass is 9.38. The monoisotopic (exact) mass is 1120 g/mol. The summed E-state index contributed by atoms with van der Waals surface area (Å²) in [6, 6.07) is 0. The molecule has 0 unspecified atom stereocenters. The lowest BCUT2D eigenvalue weighted by molar-refractivity contribution is -0.380. The number of aliphatic hydroxyl groups excluding tert-OH is 15. The van der Waals surface area contributed by atoms with Gasteiger partial charge in [-0.15, -0.1) is 0 Å². The van der Waals surface area contributed by atoms with Crippen molar-refractivity contribution < 1.29 is 120 Å². The molecule has 3 saturated carbocycles. The Morgan fingerprint density at radius 1 is 0.564 bits per heavy atom. The summed E-state index contributed by atoms with van der Waals surface area (Å²) in [6.45, 7) is 13.5. The Bertz CT molecular complexity index is 2010. The summed E-state index contributed by atoms with van der Waals surface area (Å²) < 4.78 is 47.7. The van der Waals surface area contributed by atoms with Gasteiger partial charge in [0.15, 0.2) is 25.2 Å². The molecule has 16 N–H and O–H groups in total. The molecule has 4 aliphatic carbocycles. The highest BCUT2D eigenvalue weighted by Crippen LogP contribution is 2.74. The lowest BCUT2D eigenvalue weighted by Gasteiger charge is -2.68. The molecule has 4 heterocycles. The number of aliphatic hydroxyl groups is 16. The number of ether oxygens (including phenoxy) is 8. The summed E-state index contributed by atoms with van der Waals surface area (Å²) >= 11 is 0. The van der Waals surface area contributed by atoms with E-state index in [0.29, 0.717) is 25.7 Å². The fourth-order valence-corrected chi connectivity index (χ4v) is 15.6. The highest BCUT2D eigenvalue weighted by molar-refractivity contribution is 5.26. The summed E-state index contributed by atoms with van der Waals surface area (Å²) in [5, 5.41) is 172. The van der Waals surface area contributed by atoms with Crippen LogP contribution in [0.15, 0.2) is 12.2 Å². The van der Waals surface area contributed by atoms with E-state index in [4.69, 9.17) is 37.9 Å². The number of fused-ring (bicyclic) bond motifs is 5. The Morgan fingerprint density at radius 3 is 1.60 bits per heavy atom. The van der Waals surface area contributed by atoms with Gasteiger partial charge in [0.1, 0.15) is 97.7 Å². The number of hydrogen-bond donors (Lipinski definition) is 16. The van der Waals surface area contributed by atoms with Gasteiger partial charge in [0, 0.05) is 5.41 Å². The maximum absolute atomic E-state index is 12.7. The average molecular weight is 1130 g/mol. The van der Waals surface area contributed by atoms with Crippen LogP contribution in [0.3, 0.4) is 0 Å². The average Bonchev–Trinajstić information content (AvgIpc) is 3.21. The van der Waals surface area contributed by atoms with E-state index in [1.165, 1.54) is 13.8 Å². The maximum Gasteiger partial charge on any atom is 0.187 e. The van der Waals surface area contributed by atoms with E-state index in [1.54, 1.807) is 0 Å². The quantitative estimate of drug-likeness (QED) is 0.0632. The fraction of sp³-hybridized carbons (Fsp3) is 0.963. The van der Waals surface area contributed by atoms with E-state index in [9.17, 15) is 81.7 Å². The van der Waals surface area contributed by atoms with Crippen LogP contribution in [0.4, 0.5) is 0 Å². The van der Waals surface area contributed by atoms with E-state index < -0.39 is 184 Å². The SMILES string of the molecule is C[C@@H](CC[C@@H](O[C@@H]1O[C@@H](CO[C@@H]2O[C@@H](CO)[C@@H](O)[C@H](O)[C@H]2O)[C@@H](O)[C@H](O)[C@H]1O[C@@H]1O[C@@H](CO)[C@@H](O)[C@H](O)[C@H]1O)C(C)(C)O)[C@H]1CC[C@@]2(C)[C@@H]3C=C[C@H]4[C@@H](CC[C@H](O[C@@H]5O[C@@H](CO)[C@@H](O)[C@H](O)[C@H]5O)C4(C)C)[C@]3(C)[C@@H](O)C[C@]12C. The van der Waals surface area contributed by atoms with E-state index in [0.717, 1.165) is 12.8 Å². The number of hydrogen-bond acceptors (Lipinski definition) is 24. The van der Waals surface area contributed by atoms with Crippen LogP contribution in [-0.4, -0.2) is 255 Å². The fourth-order valence-electron chi connectivity index (χ4n) is 15.6. The third-order valence-corrected chi connectivity index (χ3v) is 20.8. The van der Waals surface area contributed by atoms with Gasteiger partial charge < -0.3 is 120 Å². The molecule has 24 heteroatoms. The van der Waals surface area contributed by atoms with Gasteiger partial charge >= 0.3 is 0 Å². The predicted molar refractivity (Wildman–Crippen MR) is 268 cm³/mol. The van der Waals surface area contributed by atoms with Gasteiger partial charge in [0.2, 0.25) is 0 Å². The minimum Gasteiger partial charge on any atom is -0.394 e. The zero-order valence-electron chi connectivity index (χ0n) is 46.0. The van der Waals surface area contributed by atoms with E-state index in [2.05, 4.69) is 53.7 Å². The minimum atomic E-state index is -1.93. The molecule has 4 aliphatic heterocycles. The second-order valence-electron chi connectivity index (χ2n) is 26.0. The van der Waals surface area contributed by atoms with Gasteiger partial charge in [-0.2, -0.15) is 0 Å². The Balaban J connectivity index is 0.987. The number of rotatable bonds is 17. The molecular weight excluding hydrogens is 1030 g/mol. The maximum atomic E-state index is 12.7. The first-order valence-electron chi connectivity index (χ1n) is 28.0. The van der Waals surface area contributed by atoms with Gasteiger partial charge in [-0.05, 0) is 105 Å². The van der Waals surface area contributed by atoms with Crippen molar-refractivity contribution in [3.63, 3.8) is 0 Å². The summed E-state index contributed by atoms with van der Waals surface area (Å²) in [4.78, 5) is 0. The van der Waals surface area contributed by atoms with Crippen LogP contribution < -0.4 is 0 Å². The van der Waals surface area contributed by atoms with Gasteiger partial charge in [-0.1, -0.05) is 53.7 Å². The molecule has 0 bridgehead atoms. The molecule has 0 aromatic heterocycles. The van der Waals surface area contributed by atoms with Crippen LogP contribution in [0, 0.1) is 51.2 Å². The van der Waals surface area contributed by atoms with E-state index in [1.807, 2.05) is 0 Å². The zero-order chi connectivity index (χ0) is 57.5. The van der Waals surface area contributed by atoms with Crippen LogP contribution in [0.5, 0.6) is 0 Å². The van der Waals surface area contributed by atoms with Crippen LogP contribution >= 0.6 is 0 Å². The summed E-state index contributed by atoms with van der Waals surface area (Å²) in [6.07, 6.45) is -26.1. The molecule has 0 aromatic carbocycles. The number of allylic oxidation sites excluding steroid dienone is 2. The van der Waals surface area contributed by atoms with E-state index in [-0.39, 0.29) is 46.8 Å². The van der Waals surface area contributed by atoms with Crippen molar-refractivity contribution in [2.45, 2.75) is 247 Å². The summed E-state index contributed by atoms with van der Waals surface area (Å²) in [5.41, 5.74) is -3.26. The topological polar surface area (TPSA) is 398 Å². The summed E-state index contributed by atoms with van der Waals surface area (Å²) in [5.74, 6) is 0.112. The zero-order valence-corrected chi connectivity index (χ0v) is 46.0. The Morgan fingerprint density at radius 2 is 1.06 bits per heavy atom. The molecule has 452 valence electrons. The van der Waals surface area contributed by atoms with Gasteiger partial charge in [0.05, 0.1) is 50.3 Å². The van der Waals surface area contributed by atoms with Crippen LogP contribution in [-0.2, 0) is 37.9 Å². The van der Waals surface area contributed by atoms with Crippen molar-refractivity contribution in [3.8, 4) is 0 Å². The molecule has 31 atom stereocenters. The standard InChI is InChI=1S/C54H92O24/c1-22(23-15-16-52(6)30-12-10-24-25(54(30,8)31(58)17-53(23,52)7)11-14-32(50(24,2)3)76-47-43(68)39(64)35(60)27(19-56)73-47)9-13-33(51(4,5)70)77-49-45(78-48-44(69)40(65)36(61)28(20-57)74-48)41(66)37(62)29(75-49)21-71-46-42(67)38(63)34(59)26(18-55)72-46/h10,12,22-49,55-70H,9,11,13-21H2,1-8H3/t22-,23+,24-,25+,26-,27-,28-,29-,30-,31-,32-,33+,34+,35+,36+,37+,38-,39-,40-,41-,42+,43+,44+,45+,46+,47-,48-,49-,52-,53+,54-/m0/s1. The van der Waals surface area contributed by atoms with Gasteiger partial charge in [-0.25, -0.2) is 0 Å². The van der Waals surface area contributed by atoms with Crippen molar-refractivity contribution >= 4 is 0 Å². The van der Waals surface area contributed by atoms with Crippen molar-refractivity contribution in [1.29, 1.82) is 0 Å². The molecule has 78 heavy (non-hydrogen) atoms. The molecule has 0 spiro atoms. The molecule has 24 nitrogen and oxygen atoms in total. The molecule has 0 aromatic rings. The van der Waals surface area contributed by atoms with Gasteiger partial charge in [-0.3, -0.25) is 0 Å². The first-order valence-corrected chi connectivity index (χ1v) is 28.0. The summed E-state index contributed by atoms with van der Waals surface area (Å²) in [7, 11) is 0. The Labute approximate surface area is 455 Å². The molecule has 4 saturated heterocycles. The Kier molecular flexibility index (Phi) is 19.1. The van der Waals surface area contributed by atoms with Crippen LogP contribution in [0.2, 0.25) is 0 Å². The predicted octanol–water partition coefficient (Wildman–Crippen LogP) is -3.38. The minimum absolute atomic E-state index is 0.00313. The Hall–Kier alpha value is -1.22. The van der Waals surface area contributed by atoms with Crippen molar-refractivity contribution in [2.24, 2.45) is 51.2 Å². The van der Waals surface area contributed by atoms with E-state index >= 15 is 0 Å². The third kappa shape index (κ3) is 11.0. The first-order chi connectivity index (χ1) is 36.4. The van der Waals surface area contributed by atoms with Crippen molar-refractivity contribution in [2.75, 3.05) is 26.4 Å². The highest BCUT2D eigenvalue weighted by Gasteiger charge is 2.71. The van der Waals surface area contributed by atoms with Crippen molar-refractivity contribution in [1.82, 2.24) is 0 Å². The normalized spacial score (nSPS) is 52.3. The highest BCUT2D eigenvalue weighted by atomic mass is 16.8. The van der Waals surface area contributed by atoms with Crippen molar-refractivity contribution in [3.05, 3.63) is 12.2 Å². The second-order valence-corrected chi connectivity index (χ2v) is 26.0. The molecule has 8 aliphatic rings. The molecule has 8 rings (SSSR count). The first kappa shape index (κ1) is 62.8. The lowest BCUT2D eigenvalue weighted by Crippen LogP contribution is -2.66. The van der Waals surface area contributed by atoms with Crippen LogP contribution in [0.25, 0.3) is 0 Å².